The van der Waals surface area contributed by atoms with Crippen molar-refractivity contribution in [1.29, 1.82) is 0 Å². The molecular weight excluding hydrogens is 358 g/mol. The van der Waals surface area contributed by atoms with Crippen molar-refractivity contribution in [2.45, 2.75) is 0 Å². The minimum Gasteiger partial charge on any atom is -0.493 e. The Labute approximate surface area is 162 Å². The van der Waals surface area contributed by atoms with Crippen molar-refractivity contribution in [2.24, 2.45) is 5.10 Å². The smallest absolute Gasteiger partial charge is 0.339 e. The third-order valence-electron chi connectivity index (χ3n) is 4.10. The molecule has 3 aromatic carbocycles. The Hall–Kier alpha value is -3.74. The van der Waals surface area contributed by atoms with E-state index in [4.69, 9.17) is 14.2 Å². The number of amides is 2. The minimum absolute atomic E-state index is 0.444. The lowest BCUT2D eigenvalue weighted by Gasteiger charge is -2.12. The van der Waals surface area contributed by atoms with Gasteiger partial charge in [0.15, 0.2) is 11.5 Å². The maximum atomic E-state index is 12.2. The average Bonchev–Trinajstić information content (AvgIpc) is 2.73. The second-order valence-corrected chi connectivity index (χ2v) is 5.81. The molecule has 28 heavy (non-hydrogen) atoms. The fraction of sp³-hybridized carbons (Fsp3) is 0.143. The van der Waals surface area contributed by atoms with Crippen molar-refractivity contribution in [1.82, 2.24) is 5.43 Å². The van der Waals surface area contributed by atoms with Crippen LogP contribution in [0.25, 0.3) is 10.8 Å². The maximum Gasteiger partial charge on any atom is 0.339 e. The molecule has 0 spiro atoms. The lowest BCUT2D eigenvalue weighted by atomic mass is 10.1. The zero-order valence-electron chi connectivity index (χ0n) is 15.9. The summed E-state index contributed by atoms with van der Waals surface area (Å²) in [5, 5.41) is 8.78. The molecule has 0 saturated heterocycles. The number of hydrogen-bond donors (Lipinski definition) is 2. The summed E-state index contributed by atoms with van der Waals surface area (Å²) in [6.45, 7) is 0. The predicted octanol–water partition coefficient (Wildman–Crippen LogP) is 4.02. The second-order valence-electron chi connectivity index (χ2n) is 5.81. The molecule has 144 valence electrons. The highest BCUT2D eigenvalue weighted by Gasteiger charge is 2.12. The largest absolute Gasteiger partial charge is 0.493 e. The van der Waals surface area contributed by atoms with Crippen LogP contribution in [0.2, 0.25) is 0 Å². The van der Waals surface area contributed by atoms with Gasteiger partial charge in [-0.05, 0) is 23.6 Å². The van der Waals surface area contributed by atoms with Crippen LogP contribution < -0.4 is 25.0 Å². The lowest BCUT2D eigenvalue weighted by Crippen LogP contribution is -2.24. The summed E-state index contributed by atoms with van der Waals surface area (Å²) in [4.78, 5) is 12.2. The van der Waals surface area contributed by atoms with E-state index in [0.29, 0.717) is 28.5 Å². The summed E-state index contributed by atoms with van der Waals surface area (Å²) >= 11 is 0. The van der Waals surface area contributed by atoms with Gasteiger partial charge in [-0.25, -0.2) is 10.2 Å². The zero-order valence-corrected chi connectivity index (χ0v) is 15.9. The number of rotatable bonds is 6. The lowest BCUT2D eigenvalue weighted by molar-refractivity contribution is 0.252. The molecular formula is C21H21N3O4. The number of hydrogen-bond acceptors (Lipinski definition) is 5. The molecule has 2 amide bonds. The van der Waals surface area contributed by atoms with E-state index >= 15 is 0 Å². The Morgan fingerprint density at radius 3 is 2.29 bits per heavy atom. The Morgan fingerprint density at radius 1 is 0.929 bits per heavy atom. The number of carbonyl (C=O) groups is 1. The van der Waals surface area contributed by atoms with E-state index in [1.165, 1.54) is 27.5 Å². The number of benzene rings is 3. The molecule has 3 rings (SSSR count). The number of fused-ring (bicyclic) bond motifs is 1. The SMILES string of the molecule is COc1cc(/C=N/NC(=O)Nc2cccc3ccccc23)cc(OC)c1OC. The zero-order chi connectivity index (χ0) is 19.9. The van der Waals surface area contributed by atoms with E-state index in [-0.39, 0.29) is 0 Å². The van der Waals surface area contributed by atoms with Crippen LogP contribution in [0, 0.1) is 0 Å². The maximum absolute atomic E-state index is 12.2. The van der Waals surface area contributed by atoms with Gasteiger partial charge in [0.1, 0.15) is 0 Å². The summed E-state index contributed by atoms with van der Waals surface area (Å²) in [5.74, 6) is 1.50. The normalized spacial score (nSPS) is 10.7. The first-order valence-corrected chi connectivity index (χ1v) is 8.54. The summed E-state index contributed by atoms with van der Waals surface area (Å²) in [7, 11) is 4.61. The molecule has 0 fully saturated rings. The van der Waals surface area contributed by atoms with E-state index in [9.17, 15) is 4.79 Å². The van der Waals surface area contributed by atoms with Crippen LogP contribution in [0.15, 0.2) is 59.7 Å². The van der Waals surface area contributed by atoms with Crippen LogP contribution in [0.3, 0.4) is 0 Å². The Kier molecular flexibility index (Phi) is 5.96. The monoisotopic (exact) mass is 379 g/mol. The van der Waals surface area contributed by atoms with Crippen molar-refractivity contribution < 1.29 is 19.0 Å². The number of hydrazone groups is 1. The van der Waals surface area contributed by atoms with Gasteiger partial charge < -0.3 is 19.5 Å². The van der Waals surface area contributed by atoms with Gasteiger partial charge in [0.05, 0.1) is 33.2 Å². The third kappa shape index (κ3) is 4.15. The number of carbonyl (C=O) groups excluding carboxylic acids is 1. The van der Waals surface area contributed by atoms with Crippen LogP contribution in [0.1, 0.15) is 5.56 Å². The van der Waals surface area contributed by atoms with Gasteiger partial charge >= 0.3 is 6.03 Å². The molecule has 0 saturated carbocycles. The Balaban J connectivity index is 1.71. The summed E-state index contributed by atoms with van der Waals surface area (Å²) in [6, 6.07) is 16.5. The molecule has 7 nitrogen and oxygen atoms in total. The number of nitrogens with zero attached hydrogens (tertiary/aromatic N) is 1. The summed E-state index contributed by atoms with van der Waals surface area (Å²) < 4.78 is 15.9. The van der Waals surface area contributed by atoms with Crippen molar-refractivity contribution in [3.05, 3.63) is 60.2 Å². The molecule has 0 heterocycles. The van der Waals surface area contributed by atoms with E-state index < -0.39 is 6.03 Å². The molecule has 0 aliphatic carbocycles. The van der Waals surface area contributed by atoms with Gasteiger partial charge in [0, 0.05) is 10.9 Å². The fourth-order valence-corrected chi connectivity index (χ4v) is 2.83. The number of urea groups is 1. The van der Waals surface area contributed by atoms with Gasteiger partial charge in [-0.3, -0.25) is 0 Å². The highest BCUT2D eigenvalue weighted by Crippen LogP contribution is 2.37. The molecule has 0 radical (unpaired) electrons. The number of ether oxygens (including phenoxy) is 3. The topological polar surface area (TPSA) is 81.2 Å². The standard InChI is InChI=1S/C21H21N3O4/c1-26-18-11-14(12-19(27-2)20(18)28-3)13-22-24-21(25)23-17-10-6-8-15-7-4-5-9-16(15)17/h4-13H,1-3H3,(H2,23,24,25)/b22-13+. The van der Waals surface area contributed by atoms with Crippen LogP contribution in [0.5, 0.6) is 17.2 Å². The van der Waals surface area contributed by atoms with Crippen LogP contribution in [-0.4, -0.2) is 33.6 Å². The molecule has 0 aromatic heterocycles. The molecule has 0 bridgehead atoms. The van der Waals surface area contributed by atoms with Gasteiger partial charge in [-0.2, -0.15) is 5.10 Å². The van der Waals surface area contributed by atoms with E-state index in [1.807, 2.05) is 42.5 Å². The number of methoxy groups -OCH3 is 3. The second kappa shape index (κ2) is 8.77. The third-order valence-corrected chi connectivity index (χ3v) is 4.10. The van der Waals surface area contributed by atoms with Crippen LogP contribution in [-0.2, 0) is 0 Å². The van der Waals surface area contributed by atoms with Gasteiger partial charge in [0.25, 0.3) is 0 Å². The number of nitrogens with one attached hydrogen (secondary N) is 2. The first-order chi connectivity index (χ1) is 13.7. The average molecular weight is 379 g/mol. The van der Waals surface area contributed by atoms with E-state index in [1.54, 1.807) is 12.1 Å². The van der Waals surface area contributed by atoms with Gasteiger partial charge in [-0.1, -0.05) is 36.4 Å². The fourth-order valence-electron chi connectivity index (χ4n) is 2.83. The molecule has 0 aliphatic heterocycles. The van der Waals surface area contributed by atoms with Gasteiger partial charge in [0.2, 0.25) is 5.75 Å². The first-order valence-electron chi connectivity index (χ1n) is 8.54. The minimum atomic E-state index is -0.444. The van der Waals surface area contributed by atoms with E-state index in [2.05, 4.69) is 15.8 Å². The Morgan fingerprint density at radius 2 is 1.61 bits per heavy atom. The van der Waals surface area contributed by atoms with Gasteiger partial charge in [-0.15, -0.1) is 0 Å². The molecule has 7 heteroatoms. The van der Waals surface area contributed by atoms with Crippen LogP contribution in [0.4, 0.5) is 10.5 Å². The highest BCUT2D eigenvalue weighted by molar-refractivity contribution is 6.01. The molecule has 0 unspecified atom stereocenters. The first kappa shape index (κ1) is 19.0. The summed E-state index contributed by atoms with van der Waals surface area (Å²) in [6.07, 6.45) is 1.49. The molecule has 0 aliphatic rings. The number of anilines is 1. The molecule has 3 aromatic rings. The Bertz CT molecular complexity index is 987. The molecule has 2 N–H and O–H groups in total. The van der Waals surface area contributed by atoms with Crippen LogP contribution >= 0.6 is 0 Å². The summed E-state index contributed by atoms with van der Waals surface area (Å²) in [5.41, 5.74) is 3.84. The van der Waals surface area contributed by atoms with Crippen molar-refractivity contribution in [3.8, 4) is 17.2 Å². The molecule has 0 atom stereocenters. The van der Waals surface area contributed by atoms with E-state index in [0.717, 1.165) is 10.8 Å². The van der Waals surface area contributed by atoms with Crippen molar-refractivity contribution in [3.63, 3.8) is 0 Å². The highest BCUT2D eigenvalue weighted by atomic mass is 16.5. The predicted molar refractivity (Wildman–Crippen MR) is 110 cm³/mol. The quantitative estimate of drug-likeness (QED) is 0.501. The van der Waals surface area contributed by atoms with Crippen molar-refractivity contribution in [2.75, 3.05) is 26.6 Å². The van der Waals surface area contributed by atoms with Crippen molar-refractivity contribution >= 4 is 28.7 Å².